The van der Waals surface area contributed by atoms with Gasteiger partial charge in [0.25, 0.3) is 0 Å². The Morgan fingerprint density at radius 2 is 1.20 bits per heavy atom. The van der Waals surface area contributed by atoms with E-state index in [0.717, 1.165) is 29.1 Å². The first-order valence-corrected chi connectivity index (χ1v) is 14.1. The number of anilines is 3. The second kappa shape index (κ2) is 12.0. The van der Waals surface area contributed by atoms with E-state index in [4.69, 9.17) is 7.85 Å². The molecule has 6 rings (SSSR count). The minimum atomic E-state index is 0.792. The molecule has 0 fully saturated rings. The maximum absolute atomic E-state index is 5.80. The second-order valence-electron chi connectivity index (χ2n) is 9.63. The quantitative estimate of drug-likeness (QED) is 0.142. The number of aromatic nitrogens is 1. The Morgan fingerprint density at radius 3 is 1.82 bits per heavy atom. The fourth-order valence-corrected chi connectivity index (χ4v) is 5.59. The molecule has 4 aromatic carbocycles. The molecule has 190 valence electrons. The Kier molecular flexibility index (Phi) is 7.70. The van der Waals surface area contributed by atoms with Gasteiger partial charge in [0.05, 0.1) is 0 Å². The molecule has 0 saturated heterocycles. The van der Waals surface area contributed by atoms with Crippen molar-refractivity contribution in [3.63, 3.8) is 0 Å². The average Bonchev–Trinajstić information content (AvgIpc) is 3.49. The third-order valence-corrected chi connectivity index (χ3v) is 7.87. The molecule has 6 aromatic rings. The van der Waals surface area contributed by atoms with Crippen LogP contribution in [0.5, 0.6) is 0 Å². The van der Waals surface area contributed by atoms with Crippen LogP contribution < -0.4 is 14.9 Å². The zero-order chi connectivity index (χ0) is 27.1. The minimum absolute atomic E-state index is 0.792. The first kappa shape index (κ1) is 25.6. The van der Waals surface area contributed by atoms with Gasteiger partial charge in [-0.15, -0.1) is 11.3 Å². The molecule has 0 amide bonds. The van der Waals surface area contributed by atoms with Crippen molar-refractivity contribution in [3.05, 3.63) is 162 Å². The first-order valence-electron chi connectivity index (χ1n) is 13.3. The van der Waals surface area contributed by atoms with E-state index in [9.17, 15) is 0 Å². The molecule has 0 N–H and O–H groups in total. The lowest BCUT2D eigenvalue weighted by Gasteiger charge is -2.25. The van der Waals surface area contributed by atoms with Gasteiger partial charge < -0.3 is 4.90 Å². The molecule has 2 radical (unpaired) electrons. The summed E-state index contributed by atoms with van der Waals surface area (Å²) in [7, 11) is 5.80. The number of benzene rings is 4. The molecule has 0 aliphatic carbocycles. The van der Waals surface area contributed by atoms with E-state index in [1.807, 2.05) is 12.1 Å². The van der Waals surface area contributed by atoms with E-state index in [0.29, 0.717) is 0 Å². The molecule has 0 aliphatic rings. The van der Waals surface area contributed by atoms with Gasteiger partial charge in [-0.3, -0.25) is 0 Å². The lowest BCUT2D eigenvalue weighted by molar-refractivity contribution is -0.688. The molecule has 0 aliphatic heterocycles. The van der Waals surface area contributed by atoms with Crippen LogP contribution in [0.4, 0.5) is 17.1 Å². The highest BCUT2D eigenvalue weighted by molar-refractivity contribution is 7.16. The van der Waals surface area contributed by atoms with E-state index in [1.54, 1.807) is 11.3 Å². The standard InChI is InChI=1S/C36H28BN2S/c37-31-16-11-29(12-17-31)27-38-25-23-28(24-26-38)13-20-35-21-22-36(40-35)30-14-18-34(19-15-30)39(32-7-3-1-4-8-32)33-9-5-2-6-10-33/h1-26H,27H2/q+1. The zero-order valence-electron chi connectivity index (χ0n) is 22.1. The van der Waals surface area contributed by atoms with Crippen LogP contribution in [0.3, 0.4) is 0 Å². The zero-order valence-corrected chi connectivity index (χ0v) is 22.9. The van der Waals surface area contributed by atoms with Crippen molar-refractivity contribution in [2.45, 2.75) is 6.54 Å². The summed E-state index contributed by atoms with van der Waals surface area (Å²) in [5, 5.41) is 0. The Balaban J connectivity index is 1.15. The van der Waals surface area contributed by atoms with Gasteiger partial charge in [0.2, 0.25) is 0 Å². The summed E-state index contributed by atoms with van der Waals surface area (Å²) in [5.74, 6) is 0. The smallest absolute Gasteiger partial charge is 0.173 e. The van der Waals surface area contributed by atoms with Crippen LogP contribution in [0.1, 0.15) is 16.0 Å². The molecule has 0 spiro atoms. The van der Waals surface area contributed by atoms with Crippen molar-refractivity contribution in [2.24, 2.45) is 0 Å². The maximum Gasteiger partial charge on any atom is 0.173 e. The normalized spacial score (nSPS) is 11.1. The van der Waals surface area contributed by atoms with E-state index >= 15 is 0 Å². The van der Waals surface area contributed by atoms with Crippen LogP contribution in [0.25, 0.3) is 22.6 Å². The second-order valence-corrected chi connectivity index (χ2v) is 10.7. The SMILES string of the molecule is [B]c1ccc(C[n+]2ccc(/C=C/c3ccc(-c4ccc(N(c5ccccc5)c5ccccc5)cc4)s3)cc2)cc1. The monoisotopic (exact) mass is 531 g/mol. The Hall–Kier alpha value is -4.67. The van der Waals surface area contributed by atoms with E-state index < -0.39 is 0 Å². The van der Waals surface area contributed by atoms with Gasteiger partial charge in [0.15, 0.2) is 18.9 Å². The van der Waals surface area contributed by atoms with Gasteiger partial charge >= 0.3 is 0 Å². The lowest BCUT2D eigenvalue weighted by Crippen LogP contribution is -2.33. The lowest BCUT2D eigenvalue weighted by atomic mass is 9.95. The van der Waals surface area contributed by atoms with E-state index in [1.165, 1.54) is 26.4 Å². The number of para-hydroxylation sites is 2. The topological polar surface area (TPSA) is 7.12 Å². The number of pyridine rings is 1. The van der Waals surface area contributed by atoms with Gasteiger partial charge in [-0.2, -0.15) is 0 Å². The highest BCUT2D eigenvalue weighted by Crippen LogP contribution is 2.36. The van der Waals surface area contributed by atoms with E-state index in [-0.39, 0.29) is 0 Å². The molecule has 2 aromatic heterocycles. The summed E-state index contributed by atoms with van der Waals surface area (Å²) in [6, 6.07) is 46.5. The molecule has 0 atom stereocenters. The number of rotatable bonds is 8. The van der Waals surface area contributed by atoms with Crippen molar-refractivity contribution in [2.75, 3.05) is 4.90 Å². The van der Waals surface area contributed by atoms with Gasteiger partial charge in [-0.05, 0) is 65.7 Å². The van der Waals surface area contributed by atoms with E-state index in [2.05, 4.69) is 155 Å². The Morgan fingerprint density at radius 1 is 0.600 bits per heavy atom. The molecule has 0 bridgehead atoms. The number of hydrogen-bond acceptors (Lipinski definition) is 2. The summed E-state index contributed by atoms with van der Waals surface area (Å²) >= 11 is 1.80. The highest BCUT2D eigenvalue weighted by atomic mass is 32.1. The third kappa shape index (κ3) is 6.14. The van der Waals surface area contributed by atoms with Crippen molar-refractivity contribution < 1.29 is 4.57 Å². The largest absolute Gasteiger partial charge is 0.311 e. The summed E-state index contributed by atoms with van der Waals surface area (Å²) < 4.78 is 2.17. The molecule has 4 heteroatoms. The summed E-state index contributed by atoms with van der Waals surface area (Å²) in [6.07, 6.45) is 8.59. The Bertz CT molecular complexity index is 1650. The molecule has 0 unspecified atom stereocenters. The number of hydrogen-bond donors (Lipinski definition) is 0. The predicted octanol–water partition coefficient (Wildman–Crippen LogP) is 8.18. The van der Waals surface area contributed by atoms with Crippen LogP contribution in [-0.2, 0) is 6.54 Å². The number of thiophene rings is 1. The maximum atomic E-state index is 5.80. The van der Waals surface area contributed by atoms with Gasteiger partial charge in [-0.25, -0.2) is 4.57 Å². The first-order chi connectivity index (χ1) is 19.7. The van der Waals surface area contributed by atoms with Crippen LogP contribution >= 0.6 is 11.3 Å². The molecule has 2 heterocycles. The van der Waals surface area contributed by atoms with Gasteiger partial charge in [0, 0.05) is 44.5 Å². The average molecular weight is 532 g/mol. The Labute approximate surface area is 241 Å². The summed E-state index contributed by atoms with van der Waals surface area (Å²) in [5.41, 5.74) is 7.83. The van der Waals surface area contributed by atoms with Crippen molar-refractivity contribution in [1.29, 1.82) is 0 Å². The van der Waals surface area contributed by atoms with Crippen LogP contribution in [-0.4, -0.2) is 7.85 Å². The highest BCUT2D eigenvalue weighted by Gasteiger charge is 2.12. The fourth-order valence-electron chi connectivity index (χ4n) is 4.67. The van der Waals surface area contributed by atoms with Gasteiger partial charge in [0.1, 0.15) is 7.85 Å². The van der Waals surface area contributed by atoms with Crippen LogP contribution in [0.2, 0.25) is 0 Å². The third-order valence-electron chi connectivity index (χ3n) is 6.77. The molecular weight excluding hydrogens is 503 g/mol. The minimum Gasteiger partial charge on any atom is -0.311 e. The number of nitrogens with zero attached hydrogens (tertiary/aromatic N) is 2. The van der Waals surface area contributed by atoms with Crippen molar-refractivity contribution in [1.82, 2.24) is 0 Å². The van der Waals surface area contributed by atoms with Crippen LogP contribution in [0, 0.1) is 0 Å². The van der Waals surface area contributed by atoms with Crippen molar-refractivity contribution >= 4 is 53.9 Å². The molecule has 0 saturated carbocycles. The molecule has 2 nitrogen and oxygen atoms in total. The fraction of sp³-hybridized carbons (Fsp3) is 0.0278. The molecule has 40 heavy (non-hydrogen) atoms. The van der Waals surface area contributed by atoms with Crippen molar-refractivity contribution in [3.8, 4) is 10.4 Å². The molecular formula is C36H28BN2S+. The summed E-state index contributed by atoms with van der Waals surface area (Å²) in [6.45, 7) is 0.825. The van der Waals surface area contributed by atoms with Gasteiger partial charge in [-0.1, -0.05) is 84.3 Å². The van der Waals surface area contributed by atoms with Crippen LogP contribution in [0.15, 0.2) is 146 Å². The predicted molar refractivity (Wildman–Crippen MR) is 171 cm³/mol. The summed E-state index contributed by atoms with van der Waals surface area (Å²) in [4.78, 5) is 4.77.